The fourth-order valence-corrected chi connectivity index (χ4v) is 2.45. The molecule has 0 radical (unpaired) electrons. The van der Waals surface area contributed by atoms with Crippen LogP contribution in [0.5, 0.6) is 0 Å². The minimum atomic E-state index is -0.755. The maximum atomic E-state index is 11.3. The second-order valence-electron chi connectivity index (χ2n) is 5.05. The van der Waals surface area contributed by atoms with E-state index in [9.17, 15) is 9.90 Å². The number of hydrogen-bond acceptors (Lipinski definition) is 3. The Morgan fingerprint density at radius 3 is 2.44 bits per heavy atom. The van der Waals surface area contributed by atoms with Crippen LogP contribution in [0.3, 0.4) is 0 Å². The molecule has 0 bridgehead atoms. The maximum Gasteiger partial charge on any atom is 0.159 e. The molecule has 0 aliphatic rings. The Hall–Kier alpha value is -0.870. The number of likely N-dealkylation sites (N-methyl/N-ethyl adjacent to an activating group) is 1. The highest BCUT2D eigenvalue weighted by molar-refractivity contribution is 9.10. The summed E-state index contributed by atoms with van der Waals surface area (Å²) in [6.07, 6.45) is 0. The van der Waals surface area contributed by atoms with Crippen LogP contribution in [0.15, 0.2) is 22.7 Å². The van der Waals surface area contributed by atoms with Crippen LogP contribution in [-0.4, -0.2) is 29.6 Å². The van der Waals surface area contributed by atoms with E-state index in [4.69, 9.17) is 0 Å². The molecule has 0 aromatic heterocycles. The lowest BCUT2D eigenvalue weighted by Gasteiger charge is -2.30. The summed E-state index contributed by atoms with van der Waals surface area (Å²) in [4.78, 5) is 13.4. The van der Waals surface area contributed by atoms with Crippen LogP contribution in [0.25, 0.3) is 0 Å². The Morgan fingerprint density at radius 1 is 1.44 bits per heavy atom. The monoisotopic (exact) mass is 313 g/mol. The molecule has 4 heteroatoms. The van der Waals surface area contributed by atoms with Crippen LogP contribution in [0, 0.1) is 0 Å². The lowest BCUT2D eigenvalue weighted by molar-refractivity contribution is 0.0875. The van der Waals surface area contributed by atoms with Crippen molar-refractivity contribution in [2.45, 2.75) is 33.3 Å². The highest BCUT2D eigenvalue weighted by Crippen LogP contribution is 2.28. The molecule has 0 fully saturated rings. The summed E-state index contributed by atoms with van der Waals surface area (Å²) in [5.41, 5.74) is 0.920. The standard InChI is InChI=1S/C14H20BrNO2/c1-5-16(9-14(3,4)18)13-7-6-11(10(2)17)8-12(13)15/h6-8,18H,5,9H2,1-4H3. The van der Waals surface area contributed by atoms with Crippen LogP contribution >= 0.6 is 15.9 Å². The summed E-state index contributed by atoms with van der Waals surface area (Å²) in [6, 6.07) is 5.55. The van der Waals surface area contributed by atoms with Crippen molar-refractivity contribution >= 4 is 27.4 Å². The molecule has 0 unspecified atom stereocenters. The molecule has 1 N–H and O–H groups in total. The quantitative estimate of drug-likeness (QED) is 0.848. The number of nitrogens with zero attached hydrogens (tertiary/aromatic N) is 1. The van der Waals surface area contributed by atoms with Gasteiger partial charge in [0.15, 0.2) is 5.78 Å². The fourth-order valence-electron chi connectivity index (χ4n) is 1.82. The largest absolute Gasteiger partial charge is 0.389 e. The van der Waals surface area contributed by atoms with E-state index in [0.717, 1.165) is 16.7 Å². The van der Waals surface area contributed by atoms with Crippen LogP contribution in [-0.2, 0) is 0 Å². The Morgan fingerprint density at radius 2 is 2.06 bits per heavy atom. The Kier molecular flexibility index (Phi) is 4.93. The van der Waals surface area contributed by atoms with E-state index in [1.54, 1.807) is 20.8 Å². The molecule has 0 atom stereocenters. The normalized spacial score (nSPS) is 11.4. The van der Waals surface area contributed by atoms with E-state index in [1.165, 1.54) is 0 Å². The minimum Gasteiger partial charge on any atom is -0.389 e. The molecule has 0 spiro atoms. The first-order valence-corrected chi connectivity index (χ1v) is 6.81. The van der Waals surface area contributed by atoms with E-state index in [1.807, 2.05) is 25.1 Å². The summed E-state index contributed by atoms with van der Waals surface area (Å²) in [6.45, 7) is 8.50. The fraction of sp³-hybridized carbons (Fsp3) is 0.500. The summed E-state index contributed by atoms with van der Waals surface area (Å²) in [5, 5.41) is 9.90. The van der Waals surface area contributed by atoms with Gasteiger partial charge in [0.05, 0.1) is 11.3 Å². The van der Waals surface area contributed by atoms with Crippen molar-refractivity contribution in [1.29, 1.82) is 0 Å². The Balaban J connectivity index is 3.04. The second kappa shape index (κ2) is 5.85. The highest BCUT2D eigenvalue weighted by atomic mass is 79.9. The highest BCUT2D eigenvalue weighted by Gasteiger charge is 2.19. The number of ketones is 1. The number of benzene rings is 1. The number of aliphatic hydroxyl groups is 1. The van der Waals surface area contributed by atoms with Crippen molar-refractivity contribution in [3.8, 4) is 0 Å². The van der Waals surface area contributed by atoms with E-state index in [2.05, 4.69) is 20.8 Å². The van der Waals surface area contributed by atoms with Gasteiger partial charge in [-0.05, 0) is 61.8 Å². The molecule has 0 heterocycles. The van der Waals surface area contributed by atoms with Crippen LogP contribution in [0.4, 0.5) is 5.69 Å². The van der Waals surface area contributed by atoms with Gasteiger partial charge in [0, 0.05) is 23.1 Å². The summed E-state index contributed by atoms with van der Waals surface area (Å²) < 4.78 is 0.876. The minimum absolute atomic E-state index is 0.0489. The number of carbonyl (C=O) groups excluding carboxylic acids is 1. The lowest BCUT2D eigenvalue weighted by Crippen LogP contribution is -2.38. The Labute approximate surface area is 117 Å². The van der Waals surface area contributed by atoms with Gasteiger partial charge >= 0.3 is 0 Å². The van der Waals surface area contributed by atoms with Gasteiger partial charge in [-0.1, -0.05) is 0 Å². The third-order valence-electron chi connectivity index (χ3n) is 2.65. The Bertz CT molecular complexity index is 438. The van der Waals surface area contributed by atoms with Gasteiger partial charge in [-0.2, -0.15) is 0 Å². The molecule has 0 aliphatic carbocycles. The zero-order chi connectivity index (χ0) is 13.9. The van der Waals surface area contributed by atoms with Crippen molar-refractivity contribution in [2.24, 2.45) is 0 Å². The molecule has 0 aliphatic heterocycles. The zero-order valence-corrected chi connectivity index (χ0v) is 12.9. The van der Waals surface area contributed by atoms with Gasteiger partial charge in [-0.3, -0.25) is 4.79 Å². The molecule has 1 aromatic carbocycles. The molecular weight excluding hydrogens is 294 g/mol. The summed E-state index contributed by atoms with van der Waals surface area (Å²) in [5.74, 6) is 0.0489. The molecular formula is C14H20BrNO2. The average Bonchev–Trinajstić information content (AvgIpc) is 2.24. The zero-order valence-electron chi connectivity index (χ0n) is 11.3. The van der Waals surface area contributed by atoms with E-state index < -0.39 is 5.60 Å². The smallest absolute Gasteiger partial charge is 0.159 e. The van der Waals surface area contributed by atoms with Gasteiger partial charge in [-0.15, -0.1) is 0 Å². The van der Waals surface area contributed by atoms with E-state index in [0.29, 0.717) is 12.1 Å². The molecule has 1 aromatic rings. The van der Waals surface area contributed by atoms with Crippen molar-refractivity contribution in [3.05, 3.63) is 28.2 Å². The van der Waals surface area contributed by atoms with Gasteiger partial charge in [0.25, 0.3) is 0 Å². The number of carbonyl (C=O) groups is 1. The van der Waals surface area contributed by atoms with Gasteiger partial charge < -0.3 is 10.0 Å². The third kappa shape index (κ3) is 4.10. The molecule has 1 rings (SSSR count). The molecule has 0 amide bonds. The first-order chi connectivity index (χ1) is 8.24. The number of hydrogen-bond donors (Lipinski definition) is 1. The first kappa shape index (κ1) is 15.2. The van der Waals surface area contributed by atoms with Crippen molar-refractivity contribution < 1.29 is 9.90 Å². The van der Waals surface area contributed by atoms with E-state index >= 15 is 0 Å². The van der Waals surface area contributed by atoms with Gasteiger partial charge in [0.1, 0.15) is 0 Å². The van der Waals surface area contributed by atoms with Crippen molar-refractivity contribution in [1.82, 2.24) is 0 Å². The maximum absolute atomic E-state index is 11.3. The van der Waals surface area contributed by atoms with Gasteiger partial charge in [-0.25, -0.2) is 0 Å². The molecule has 100 valence electrons. The van der Waals surface area contributed by atoms with Crippen LogP contribution in [0.1, 0.15) is 38.1 Å². The number of rotatable bonds is 5. The summed E-state index contributed by atoms with van der Waals surface area (Å²) >= 11 is 3.49. The van der Waals surface area contributed by atoms with Gasteiger partial charge in [0.2, 0.25) is 0 Å². The SMILES string of the molecule is CCN(CC(C)(C)O)c1ccc(C(C)=O)cc1Br. The second-order valence-corrected chi connectivity index (χ2v) is 5.90. The van der Waals surface area contributed by atoms with Crippen LogP contribution < -0.4 is 4.90 Å². The summed E-state index contributed by atoms with van der Waals surface area (Å²) in [7, 11) is 0. The third-order valence-corrected chi connectivity index (χ3v) is 3.29. The predicted molar refractivity (Wildman–Crippen MR) is 78.3 cm³/mol. The van der Waals surface area contributed by atoms with Crippen molar-refractivity contribution in [3.63, 3.8) is 0 Å². The number of anilines is 1. The van der Waals surface area contributed by atoms with Crippen LogP contribution in [0.2, 0.25) is 0 Å². The number of Topliss-reactive ketones (excluding diaryl/α,β-unsaturated/α-hetero) is 1. The predicted octanol–water partition coefficient (Wildman–Crippen LogP) is 3.25. The molecule has 0 saturated carbocycles. The molecule has 3 nitrogen and oxygen atoms in total. The molecule has 18 heavy (non-hydrogen) atoms. The van der Waals surface area contributed by atoms with E-state index in [-0.39, 0.29) is 5.78 Å². The number of halogens is 1. The first-order valence-electron chi connectivity index (χ1n) is 6.02. The average molecular weight is 314 g/mol. The molecule has 0 saturated heterocycles. The lowest BCUT2D eigenvalue weighted by atomic mass is 10.1. The topological polar surface area (TPSA) is 40.5 Å². The van der Waals surface area contributed by atoms with Crippen molar-refractivity contribution in [2.75, 3.05) is 18.0 Å².